The van der Waals surface area contributed by atoms with E-state index in [1.807, 2.05) is 24.3 Å². The summed E-state index contributed by atoms with van der Waals surface area (Å²) >= 11 is 0. The van der Waals surface area contributed by atoms with Crippen molar-refractivity contribution < 1.29 is 8.78 Å². The van der Waals surface area contributed by atoms with E-state index in [4.69, 9.17) is 0 Å². The van der Waals surface area contributed by atoms with E-state index in [0.29, 0.717) is 12.0 Å². The summed E-state index contributed by atoms with van der Waals surface area (Å²) in [6.07, 6.45) is 2.13. The van der Waals surface area contributed by atoms with Crippen LogP contribution in [0.4, 0.5) is 8.78 Å². The lowest BCUT2D eigenvalue weighted by molar-refractivity contribution is 0.271. The van der Waals surface area contributed by atoms with Gasteiger partial charge in [-0.1, -0.05) is 24.3 Å². The van der Waals surface area contributed by atoms with Crippen LogP contribution < -0.4 is 5.32 Å². The van der Waals surface area contributed by atoms with Crippen molar-refractivity contribution in [1.29, 1.82) is 0 Å². The maximum absolute atomic E-state index is 12.9. The second-order valence-electron chi connectivity index (χ2n) is 5.86. The molecule has 0 spiro atoms. The van der Waals surface area contributed by atoms with Gasteiger partial charge in [0.15, 0.2) is 0 Å². The predicted octanol–water partition coefficient (Wildman–Crippen LogP) is 4.56. The topological polar surface area (TPSA) is 12.0 Å². The molecule has 2 aromatic rings. The van der Waals surface area contributed by atoms with Gasteiger partial charge >= 0.3 is 0 Å². The number of halogens is 2. The molecule has 0 saturated heterocycles. The predicted molar refractivity (Wildman–Crippen MR) is 80.1 cm³/mol. The lowest BCUT2D eigenvalue weighted by atomic mass is 9.75. The van der Waals surface area contributed by atoms with Crippen LogP contribution in [0.1, 0.15) is 42.9 Å². The molecule has 0 aliphatic heterocycles. The van der Waals surface area contributed by atoms with Crippen LogP contribution in [0.3, 0.4) is 0 Å². The molecule has 0 heterocycles. The molecule has 3 rings (SSSR count). The molecule has 1 N–H and O–H groups in total. The van der Waals surface area contributed by atoms with Crippen LogP contribution in [-0.4, -0.2) is 6.04 Å². The second kappa shape index (κ2) is 5.94. The molecule has 21 heavy (non-hydrogen) atoms. The molecular formula is C18H19F2N. The van der Waals surface area contributed by atoms with Crippen LogP contribution in [0, 0.1) is 11.6 Å². The largest absolute Gasteiger partial charge is 0.307 e. The Labute approximate surface area is 124 Å². The highest BCUT2D eigenvalue weighted by Gasteiger charge is 2.31. The zero-order valence-electron chi connectivity index (χ0n) is 12.0. The van der Waals surface area contributed by atoms with Crippen LogP contribution >= 0.6 is 0 Å². The third-order valence-electron chi connectivity index (χ3n) is 4.34. The first-order chi connectivity index (χ1) is 10.1. The first-order valence-corrected chi connectivity index (χ1v) is 7.39. The first kappa shape index (κ1) is 14.2. The van der Waals surface area contributed by atoms with E-state index in [0.717, 1.165) is 18.4 Å². The van der Waals surface area contributed by atoms with E-state index in [9.17, 15) is 8.78 Å². The third kappa shape index (κ3) is 3.30. The van der Waals surface area contributed by atoms with Gasteiger partial charge < -0.3 is 5.32 Å². The Bertz CT molecular complexity index is 586. The third-order valence-corrected chi connectivity index (χ3v) is 4.34. The van der Waals surface area contributed by atoms with Crippen molar-refractivity contribution in [3.63, 3.8) is 0 Å². The summed E-state index contributed by atoms with van der Waals surface area (Å²) < 4.78 is 25.8. The van der Waals surface area contributed by atoms with Gasteiger partial charge in [-0.2, -0.15) is 0 Å². The zero-order valence-corrected chi connectivity index (χ0v) is 12.0. The standard InChI is InChI=1S/C18H19F2N/c1-12(13-2-6-16(19)7-3-13)21-18-10-15(11-18)14-4-8-17(20)9-5-14/h2-9,12,15,18,21H,10-11H2,1H3/t12-,15?,18?/m0/s1. The van der Waals surface area contributed by atoms with Crippen LogP contribution in [0.25, 0.3) is 0 Å². The molecule has 1 atom stereocenters. The summed E-state index contributed by atoms with van der Waals surface area (Å²) in [4.78, 5) is 0. The average Bonchev–Trinajstić information content (AvgIpc) is 2.44. The number of rotatable bonds is 4. The quantitative estimate of drug-likeness (QED) is 0.869. The maximum atomic E-state index is 12.9. The molecule has 0 bridgehead atoms. The van der Waals surface area contributed by atoms with Crippen LogP contribution in [0.15, 0.2) is 48.5 Å². The summed E-state index contributed by atoms with van der Waals surface area (Å²) in [5, 5.41) is 3.57. The van der Waals surface area contributed by atoms with Gasteiger partial charge in [0.2, 0.25) is 0 Å². The minimum atomic E-state index is -0.203. The fraction of sp³-hybridized carbons (Fsp3) is 0.333. The minimum absolute atomic E-state index is 0.183. The van der Waals surface area contributed by atoms with Crippen molar-refractivity contribution in [2.45, 2.75) is 37.8 Å². The second-order valence-corrected chi connectivity index (χ2v) is 5.86. The Morgan fingerprint density at radius 1 is 0.905 bits per heavy atom. The lowest BCUT2D eigenvalue weighted by Gasteiger charge is -2.38. The van der Waals surface area contributed by atoms with Crippen LogP contribution in [0.2, 0.25) is 0 Å². The number of hydrogen-bond acceptors (Lipinski definition) is 1. The average molecular weight is 287 g/mol. The van der Waals surface area contributed by atoms with E-state index in [2.05, 4.69) is 12.2 Å². The molecule has 1 fully saturated rings. The summed E-state index contributed by atoms with van der Waals surface area (Å²) in [7, 11) is 0. The normalized spacial score (nSPS) is 22.6. The SMILES string of the molecule is C[C@H](NC1CC(c2ccc(F)cc2)C1)c1ccc(F)cc1. The lowest BCUT2D eigenvalue weighted by Crippen LogP contribution is -2.41. The Balaban J connectivity index is 1.52. The van der Waals surface area contributed by atoms with Gasteiger partial charge in [0.1, 0.15) is 11.6 Å². The molecule has 110 valence electrons. The molecule has 1 saturated carbocycles. The summed E-state index contributed by atoms with van der Waals surface area (Å²) in [6, 6.07) is 14.1. The Kier molecular flexibility index (Phi) is 4.02. The van der Waals surface area contributed by atoms with E-state index >= 15 is 0 Å². The van der Waals surface area contributed by atoms with E-state index in [-0.39, 0.29) is 17.7 Å². The van der Waals surface area contributed by atoms with Gasteiger partial charge in [-0.15, -0.1) is 0 Å². The minimum Gasteiger partial charge on any atom is -0.307 e. The van der Waals surface area contributed by atoms with Gasteiger partial charge in [0.25, 0.3) is 0 Å². The monoisotopic (exact) mass is 287 g/mol. The number of hydrogen-bond donors (Lipinski definition) is 1. The summed E-state index contributed by atoms with van der Waals surface area (Å²) in [6.45, 7) is 2.10. The van der Waals surface area contributed by atoms with E-state index in [1.54, 1.807) is 0 Å². The van der Waals surface area contributed by atoms with Gasteiger partial charge in [-0.3, -0.25) is 0 Å². The van der Waals surface area contributed by atoms with Crippen molar-refractivity contribution in [2.24, 2.45) is 0 Å². The molecule has 1 nitrogen and oxygen atoms in total. The van der Waals surface area contributed by atoms with Crippen molar-refractivity contribution in [2.75, 3.05) is 0 Å². The van der Waals surface area contributed by atoms with E-state index < -0.39 is 0 Å². The molecule has 0 amide bonds. The summed E-state index contributed by atoms with van der Waals surface area (Å²) in [5.74, 6) is 0.132. The summed E-state index contributed by atoms with van der Waals surface area (Å²) in [5.41, 5.74) is 2.31. The zero-order chi connectivity index (χ0) is 14.8. The Morgan fingerprint density at radius 3 is 2.00 bits per heavy atom. The highest BCUT2D eigenvalue weighted by molar-refractivity contribution is 5.24. The van der Waals surface area contributed by atoms with Gasteiger partial charge in [-0.25, -0.2) is 8.78 Å². The molecule has 0 radical (unpaired) electrons. The Morgan fingerprint density at radius 2 is 1.43 bits per heavy atom. The Hall–Kier alpha value is -1.74. The highest BCUT2D eigenvalue weighted by atomic mass is 19.1. The fourth-order valence-electron chi connectivity index (χ4n) is 2.96. The first-order valence-electron chi connectivity index (χ1n) is 7.39. The van der Waals surface area contributed by atoms with Crippen molar-refractivity contribution in [1.82, 2.24) is 5.32 Å². The van der Waals surface area contributed by atoms with Gasteiger partial charge in [-0.05, 0) is 61.1 Å². The molecular weight excluding hydrogens is 268 g/mol. The number of nitrogens with one attached hydrogen (secondary N) is 1. The molecule has 3 heteroatoms. The van der Waals surface area contributed by atoms with Crippen molar-refractivity contribution in [3.8, 4) is 0 Å². The van der Waals surface area contributed by atoms with Crippen LogP contribution in [-0.2, 0) is 0 Å². The number of benzene rings is 2. The van der Waals surface area contributed by atoms with Gasteiger partial charge in [0.05, 0.1) is 0 Å². The molecule has 0 aromatic heterocycles. The van der Waals surface area contributed by atoms with Crippen molar-refractivity contribution in [3.05, 3.63) is 71.3 Å². The van der Waals surface area contributed by atoms with Gasteiger partial charge in [0, 0.05) is 12.1 Å². The highest BCUT2D eigenvalue weighted by Crippen LogP contribution is 2.37. The van der Waals surface area contributed by atoms with E-state index in [1.165, 1.54) is 29.8 Å². The fourth-order valence-corrected chi connectivity index (χ4v) is 2.96. The molecule has 0 unspecified atom stereocenters. The molecule has 1 aliphatic carbocycles. The maximum Gasteiger partial charge on any atom is 0.123 e. The smallest absolute Gasteiger partial charge is 0.123 e. The molecule has 1 aliphatic rings. The molecule has 2 aromatic carbocycles. The van der Waals surface area contributed by atoms with Crippen molar-refractivity contribution >= 4 is 0 Å². The van der Waals surface area contributed by atoms with Crippen LogP contribution in [0.5, 0.6) is 0 Å².